The molecule has 1 atom stereocenters. The number of hydrogen-bond donors (Lipinski definition) is 2. The Balaban J connectivity index is 2.88. The predicted octanol–water partition coefficient (Wildman–Crippen LogP) is 2.31. The summed E-state index contributed by atoms with van der Waals surface area (Å²) in [5, 5.41) is 0. The van der Waals surface area contributed by atoms with Crippen LogP contribution in [-0.4, -0.2) is 14.5 Å². The minimum absolute atomic E-state index is 0.0430. The van der Waals surface area contributed by atoms with E-state index in [1.165, 1.54) is 0 Å². The van der Waals surface area contributed by atoms with Gasteiger partial charge in [0, 0.05) is 12.6 Å². The average molecular weight is 284 g/mol. The number of aryl methyl sites for hydroxylation is 1. The van der Waals surface area contributed by atoms with Crippen molar-refractivity contribution in [1.82, 2.24) is 4.72 Å². The summed E-state index contributed by atoms with van der Waals surface area (Å²) in [6.45, 7) is 6.21. The Morgan fingerprint density at radius 3 is 2.58 bits per heavy atom. The van der Waals surface area contributed by atoms with Crippen molar-refractivity contribution >= 4 is 10.0 Å². The van der Waals surface area contributed by atoms with Gasteiger partial charge in [0.15, 0.2) is 0 Å². The van der Waals surface area contributed by atoms with E-state index in [1.807, 2.05) is 13.0 Å². The fourth-order valence-electron chi connectivity index (χ4n) is 2.04. The summed E-state index contributed by atoms with van der Waals surface area (Å²) < 4.78 is 27.3. The van der Waals surface area contributed by atoms with Crippen LogP contribution < -0.4 is 10.5 Å². The molecule has 0 radical (unpaired) electrons. The molecule has 0 saturated heterocycles. The third-order valence-electron chi connectivity index (χ3n) is 3.11. The molecule has 0 saturated carbocycles. The van der Waals surface area contributed by atoms with Crippen molar-refractivity contribution < 1.29 is 8.42 Å². The number of rotatable bonds is 7. The van der Waals surface area contributed by atoms with E-state index < -0.39 is 10.0 Å². The summed E-state index contributed by atoms with van der Waals surface area (Å²) in [6.07, 6.45) is 2.95. The smallest absolute Gasteiger partial charge is 0.241 e. The Morgan fingerprint density at radius 1 is 1.37 bits per heavy atom. The molecule has 0 aliphatic carbocycles. The molecular weight excluding hydrogens is 260 g/mol. The number of unbranched alkanes of at least 4 members (excludes halogenated alkanes) is 1. The zero-order chi connectivity index (χ0) is 14.5. The second kappa shape index (κ2) is 7.03. The van der Waals surface area contributed by atoms with Crippen LogP contribution in [0.25, 0.3) is 0 Å². The van der Waals surface area contributed by atoms with Crippen LogP contribution >= 0.6 is 0 Å². The zero-order valence-electron chi connectivity index (χ0n) is 11.9. The lowest BCUT2D eigenvalue weighted by Crippen LogP contribution is -2.33. The summed E-state index contributed by atoms with van der Waals surface area (Å²) in [5.74, 6) is 0. The van der Waals surface area contributed by atoms with Gasteiger partial charge in [0.2, 0.25) is 10.0 Å². The molecule has 0 aromatic heterocycles. The van der Waals surface area contributed by atoms with Crippen LogP contribution in [0, 0.1) is 6.92 Å². The van der Waals surface area contributed by atoms with Gasteiger partial charge in [-0.3, -0.25) is 0 Å². The lowest BCUT2D eigenvalue weighted by Gasteiger charge is -2.15. The molecule has 5 heteroatoms. The first-order chi connectivity index (χ1) is 8.90. The van der Waals surface area contributed by atoms with E-state index in [-0.39, 0.29) is 6.04 Å². The van der Waals surface area contributed by atoms with E-state index in [0.29, 0.717) is 11.4 Å². The van der Waals surface area contributed by atoms with Crippen molar-refractivity contribution in [3.63, 3.8) is 0 Å². The molecule has 1 aromatic carbocycles. The highest BCUT2D eigenvalue weighted by Crippen LogP contribution is 2.17. The Morgan fingerprint density at radius 2 is 2.05 bits per heavy atom. The topological polar surface area (TPSA) is 72.2 Å². The predicted molar refractivity (Wildman–Crippen MR) is 78.4 cm³/mol. The summed E-state index contributed by atoms with van der Waals surface area (Å²) in [4.78, 5) is 0.341. The second-order valence-corrected chi connectivity index (χ2v) is 6.65. The van der Waals surface area contributed by atoms with Gasteiger partial charge in [-0.05, 0) is 37.5 Å². The minimum Gasteiger partial charge on any atom is -0.326 e. The normalized spacial score (nSPS) is 13.5. The fourth-order valence-corrected chi connectivity index (χ4v) is 3.54. The summed E-state index contributed by atoms with van der Waals surface area (Å²) in [7, 11) is -3.44. The molecule has 0 aliphatic heterocycles. The van der Waals surface area contributed by atoms with Crippen molar-refractivity contribution in [3.8, 4) is 0 Å². The van der Waals surface area contributed by atoms with Crippen molar-refractivity contribution in [1.29, 1.82) is 0 Å². The molecule has 0 amide bonds. The summed E-state index contributed by atoms with van der Waals surface area (Å²) >= 11 is 0. The van der Waals surface area contributed by atoms with E-state index in [9.17, 15) is 8.42 Å². The van der Waals surface area contributed by atoms with E-state index in [2.05, 4.69) is 11.6 Å². The molecule has 0 bridgehead atoms. The molecule has 0 fully saturated rings. The lowest BCUT2D eigenvalue weighted by atomic mass is 10.1. The molecule has 0 spiro atoms. The van der Waals surface area contributed by atoms with E-state index >= 15 is 0 Å². The minimum atomic E-state index is -3.44. The van der Waals surface area contributed by atoms with Gasteiger partial charge < -0.3 is 5.73 Å². The van der Waals surface area contributed by atoms with Gasteiger partial charge in [-0.25, -0.2) is 13.1 Å². The van der Waals surface area contributed by atoms with Gasteiger partial charge in [0.1, 0.15) is 0 Å². The monoisotopic (exact) mass is 284 g/mol. The van der Waals surface area contributed by atoms with E-state index in [1.54, 1.807) is 19.1 Å². The molecule has 19 heavy (non-hydrogen) atoms. The van der Waals surface area contributed by atoms with Crippen molar-refractivity contribution in [2.75, 3.05) is 0 Å². The SMILES string of the molecule is CCCCC(C)NS(=O)(=O)c1ccc(CN)cc1C. The van der Waals surface area contributed by atoms with Crippen LogP contribution in [0.2, 0.25) is 0 Å². The average Bonchev–Trinajstić information content (AvgIpc) is 2.35. The number of nitrogens with two attached hydrogens (primary N) is 1. The molecule has 4 nitrogen and oxygen atoms in total. The number of benzene rings is 1. The van der Waals surface area contributed by atoms with E-state index in [4.69, 9.17) is 5.73 Å². The van der Waals surface area contributed by atoms with Gasteiger partial charge in [-0.2, -0.15) is 0 Å². The first-order valence-electron chi connectivity index (χ1n) is 6.72. The van der Waals surface area contributed by atoms with Gasteiger partial charge in [-0.1, -0.05) is 31.9 Å². The van der Waals surface area contributed by atoms with Crippen LogP contribution in [-0.2, 0) is 16.6 Å². The van der Waals surface area contributed by atoms with Crippen molar-refractivity contribution in [3.05, 3.63) is 29.3 Å². The highest BCUT2D eigenvalue weighted by molar-refractivity contribution is 7.89. The second-order valence-electron chi connectivity index (χ2n) is 4.97. The van der Waals surface area contributed by atoms with Crippen LogP contribution in [0.1, 0.15) is 44.2 Å². The molecule has 1 unspecified atom stereocenters. The largest absolute Gasteiger partial charge is 0.326 e. The first kappa shape index (κ1) is 16.1. The Hall–Kier alpha value is -0.910. The number of sulfonamides is 1. The fraction of sp³-hybridized carbons (Fsp3) is 0.571. The van der Waals surface area contributed by atoms with Crippen molar-refractivity contribution in [2.45, 2.75) is 57.5 Å². The molecule has 108 valence electrons. The maximum Gasteiger partial charge on any atom is 0.241 e. The third kappa shape index (κ3) is 4.60. The first-order valence-corrected chi connectivity index (χ1v) is 8.21. The van der Waals surface area contributed by atoms with Gasteiger partial charge in [-0.15, -0.1) is 0 Å². The number of nitrogens with one attached hydrogen (secondary N) is 1. The lowest BCUT2D eigenvalue weighted by molar-refractivity contribution is 0.534. The maximum atomic E-state index is 12.3. The Bertz CT molecular complexity index is 512. The van der Waals surface area contributed by atoms with Crippen LogP contribution in [0.5, 0.6) is 0 Å². The van der Waals surface area contributed by atoms with Crippen molar-refractivity contribution in [2.24, 2.45) is 5.73 Å². The summed E-state index contributed by atoms with van der Waals surface area (Å²) in [5.41, 5.74) is 7.22. The molecule has 0 heterocycles. The molecule has 1 rings (SSSR count). The Labute approximate surface area is 116 Å². The standard InChI is InChI=1S/C14H24N2O2S/c1-4-5-6-12(3)16-19(17,18)14-8-7-13(10-15)9-11(14)2/h7-9,12,16H,4-6,10,15H2,1-3H3. The molecule has 1 aromatic rings. The third-order valence-corrected chi connectivity index (χ3v) is 4.86. The van der Waals surface area contributed by atoms with Gasteiger partial charge >= 0.3 is 0 Å². The van der Waals surface area contributed by atoms with Gasteiger partial charge in [0.05, 0.1) is 4.90 Å². The molecule has 0 aliphatic rings. The zero-order valence-corrected chi connectivity index (χ0v) is 12.8. The van der Waals surface area contributed by atoms with Crippen LogP contribution in [0.3, 0.4) is 0 Å². The molecular formula is C14H24N2O2S. The maximum absolute atomic E-state index is 12.3. The molecule has 3 N–H and O–H groups in total. The number of hydrogen-bond acceptors (Lipinski definition) is 3. The Kier molecular flexibility index (Phi) is 5.97. The highest BCUT2D eigenvalue weighted by atomic mass is 32.2. The van der Waals surface area contributed by atoms with Crippen LogP contribution in [0.4, 0.5) is 0 Å². The van der Waals surface area contributed by atoms with E-state index in [0.717, 1.165) is 30.4 Å². The highest BCUT2D eigenvalue weighted by Gasteiger charge is 2.19. The van der Waals surface area contributed by atoms with Crippen LogP contribution in [0.15, 0.2) is 23.1 Å². The quantitative estimate of drug-likeness (QED) is 0.807. The van der Waals surface area contributed by atoms with Gasteiger partial charge in [0.25, 0.3) is 0 Å². The summed E-state index contributed by atoms with van der Waals surface area (Å²) in [6, 6.07) is 5.18.